The zero-order chi connectivity index (χ0) is 14.8. The number of benzene rings is 1. The molecule has 0 heterocycles. The highest BCUT2D eigenvalue weighted by atomic mass is 35.5. The Kier molecular flexibility index (Phi) is 5.35. The molecule has 1 fully saturated rings. The van der Waals surface area contributed by atoms with Gasteiger partial charge in [0.2, 0.25) is 0 Å². The molecule has 6 heteroatoms. The predicted molar refractivity (Wildman–Crippen MR) is 83.3 cm³/mol. The van der Waals surface area contributed by atoms with Crippen LogP contribution in [0.3, 0.4) is 0 Å². The highest BCUT2D eigenvalue weighted by Gasteiger charge is 2.35. The van der Waals surface area contributed by atoms with Gasteiger partial charge in [0.1, 0.15) is 0 Å². The minimum Gasteiger partial charge on any atom is -0.313 e. The molecule has 0 aliphatic heterocycles. The van der Waals surface area contributed by atoms with Gasteiger partial charge in [0.25, 0.3) is 0 Å². The summed E-state index contributed by atoms with van der Waals surface area (Å²) in [5.41, 5.74) is 0. The van der Waals surface area contributed by atoms with E-state index in [4.69, 9.17) is 23.2 Å². The fraction of sp³-hybridized carbons (Fsp3) is 0.571. The lowest BCUT2D eigenvalue weighted by atomic mass is 10.2. The molecule has 0 spiro atoms. The number of hydrogen-bond donors (Lipinski definition) is 1. The Hall–Kier alpha value is -0.290. The number of nitrogens with one attached hydrogen (secondary N) is 1. The van der Waals surface area contributed by atoms with Crippen LogP contribution in [0.4, 0.5) is 0 Å². The summed E-state index contributed by atoms with van der Waals surface area (Å²) >= 11 is 11.9. The summed E-state index contributed by atoms with van der Waals surface area (Å²) in [6.45, 7) is 2.90. The van der Waals surface area contributed by atoms with E-state index in [1.54, 1.807) is 6.07 Å². The molecule has 1 aliphatic carbocycles. The summed E-state index contributed by atoms with van der Waals surface area (Å²) in [4.78, 5) is 0.135. The topological polar surface area (TPSA) is 46.2 Å². The Morgan fingerprint density at radius 2 is 2.05 bits per heavy atom. The minimum absolute atomic E-state index is 0.00926. The van der Waals surface area contributed by atoms with Crippen molar-refractivity contribution in [2.75, 3.05) is 12.3 Å². The molecule has 2 rings (SSSR count). The van der Waals surface area contributed by atoms with Gasteiger partial charge in [-0.05, 0) is 49.9 Å². The Morgan fingerprint density at radius 3 is 2.65 bits per heavy atom. The van der Waals surface area contributed by atoms with Gasteiger partial charge >= 0.3 is 0 Å². The van der Waals surface area contributed by atoms with E-state index < -0.39 is 9.84 Å². The first-order valence-corrected chi connectivity index (χ1v) is 9.26. The minimum atomic E-state index is -3.43. The molecule has 3 nitrogen and oxygen atoms in total. The second-order valence-corrected chi connectivity index (χ2v) is 8.10. The third kappa shape index (κ3) is 4.10. The first kappa shape index (κ1) is 16.1. The molecular formula is C14H19Cl2NO2S. The van der Waals surface area contributed by atoms with Crippen LogP contribution in [0.5, 0.6) is 0 Å². The lowest BCUT2D eigenvalue weighted by Gasteiger charge is -2.18. The fourth-order valence-electron chi connectivity index (χ4n) is 2.23. The van der Waals surface area contributed by atoms with Gasteiger partial charge in [0, 0.05) is 11.1 Å². The number of hydrogen-bond acceptors (Lipinski definition) is 3. The van der Waals surface area contributed by atoms with Gasteiger partial charge in [0.05, 0.1) is 15.7 Å². The largest absolute Gasteiger partial charge is 0.313 e. The number of sulfone groups is 1. The smallest absolute Gasteiger partial charge is 0.181 e. The van der Waals surface area contributed by atoms with Crippen LogP contribution < -0.4 is 5.32 Å². The van der Waals surface area contributed by atoms with Crippen molar-refractivity contribution in [2.24, 2.45) is 5.92 Å². The van der Waals surface area contributed by atoms with E-state index in [1.807, 2.05) is 0 Å². The molecule has 1 aromatic rings. The van der Waals surface area contributed by atoms with E-state index in [9.17, 15) is 8.42 Å². The summed E-state index contributed by atoms with van der Waals surface area (Å²) in [6.07, 6.45) is 3.18. The molecule has 112 valence electrons. The van der Waals surface area contributed by atoms with Crippen LogP contribution in [0.2, 0.25) is 10.0 Å². The van der Waals surface area contributed by atoms with Crippen molar-refractivity contribution in [2.45, 2.75) is 37.1 Å². The van der Waals surface area contributed by atoms with Gasteiger partial charge < -0.3 is 5.32 Å². The van der Waals surface area contributed by atoms with Crippen LogP contribution in [0.25, 0.3) is 0 Å². The second kappa shape index (κ2) is 6.65. The van der Waals surface area contributed by atoms with Crippen LogP contribution in [0.1, 0.15) is 26.2 Å². The molecule has 0 saturated heterocycles. The van der Waals surface area contributed by atoms with Gasteiger partial charge in [-0.25, -0.2) is 8.42 Å². The lowest BCUT2D eigenvalue weighted by molar-refractivity contribution is 0.489. The summed E-state index contributed by atoms with van der Waals surface area (Å²) in [7, 11) is -3.43. The van der Waals surface area contributed by atoms with Crippen molar-refractivity contribution in [1.29, 1.82) is 0 Å². The fourth-order valence-corrected chi connectivity index (χ4v) is 4.65. The Morgan fingerprint density at radius 1 is 1.35 bits per heavy atom. The van der Waals surface area contributed by atoms with Gasteiger partial charge in [-0.15, -0.1) is 0 Å². The molecule has 1 atom stereocenters. The molecular weight excluding hydrogens is 317 g/mol. The maximum Gasteiger partial charge on any atom is 0.181 e. The molecule has 1 aromatic carbocycles. The van der Waals surface area contributed by atoms with Crippen LogP contribution in [0.15, 0.2) is 23.1 Å². The van der Waals surface area contributed by atoms with Gasteiger partial charge in [-0.3, -0.25) is 0 Å². The van der Waals surface area contributed by atoms with E-state index >= 15 is 0 Å². The molecule has 0 aromatic heterocycles. The number of halogens is 2. The highest BCUT2D eigenvalue weighted by molar-refractivity contribution is 7.91. The number of rotatable bonds is 7. The van der Waals surface area contributed by atoms with Gasteiger partial charge in [0.15, 0.2) is 9.84 Å². The van der Waals surface area contributed by atoms with Crippen molar-refractivity contribution in [3.63, 3.8) is 0 Å². The molecule has 1 aliphatic rings. The Labute approximate surface area is 130 Å². The summed E-state index contributed by atoms with van der Waals surface area (Å²) in [6, 6.07) is 4.57. The second-order valence-electron chi connectivity index (χ2n) is 5.25. The molecule has 1 saturated carbocycles. The van der Waals surface area contributed by atoms with E-state index in [0.29, 0.717) is 10.9 Å². The molecule has 1 unspecified atom stereocenters. The lowest BCUT2D eigenvalue weighted by Crippen LogP contribution is -2.38. The standard InChI is InChI=1S/C14H19Cl2NO2S/c1-2-7-17-13(10-3-4-10)9-20(18,19)14-8-11(15)5-6-12(14)16/h5-6,8,10,13,17H,2-4,7,9H2,1H3. The van der Waals surface area contributed by atoms with Crippen LogP contribution in [0, 0.1) is 5.92 Å². The Bertz CT molecular complexity index is 571. The predicted octanol–water partition coefficient (Wildman–Crippen LogP) is 3.55. The van der Waals surface area contributed by atoms with Crippen LogP contribution in [-0.4, -0.2) is 26.8 Å². The average molecular weight is 336 g/mol. The molecule has 0 bridgehead atoms. The molecule has 0 radical (unpaired) electrons. The van der Waals surface area contributed by atoms with Crippen LogP contribution in [-0.2, 0) is 9.84 Å². The van der Waals surface area contributed by atoms with Gasteiger partial charge in [-0.2, -0.15) is 0 Å². The van der Waals surface area contributed by atoms with E-state index in [2.05, 4.69) is 12.2 Å². The summed E-state index contributed by atoms with van der Waals surface area (Å²) in [5, 5.41) is 3.96. The maximum absolute atomic E-state index is 12.5. The van der Waals surface area contributed by atoms with Crippen molar-refractivity contribution >= 4 is 33.0 Å². The summed E-state index contributed by atoms with van der Waals surface area (Å²) in [5.74, 6) is 0.548. The van der Waals surface area contributed by atoms with Gasteiger partial charge in [-0.1, -0.05) is 30.1 Å². The highest BCUT2D eigenvalue weighted by Crippen LogP contribution is 2.35. The third-order valence-corrected chi connectivity index (χ3v) is 5.96. The summed E-state index contributed by atoms with van der Waals surface area (Å²) < 4.78 is 25.1. The van der Waals surface area contributed by atoms with Crippen molar-refractivity contribution in [3.05, 3.63) is 28.2 Å². The Balaban J connectivity index is 2.18. The zero-order valence-corrected chi connectivity index (χ0v) is 13.7. The normalized spacial score (nSPS) is 17.1. The van der Waals surface area contributed by atoms with E-state index in [-0.39, 0.29) is 21.7 Å². The molecule has 0 amide bonds. The zero-order valence-electron chi connectivity index (χ0n) is 11.4. The third-order valence-electron chi connectivity index (χ3n) is 3.47. The molecule has 20 heavy (non-hydrogen) atoms. The van der Waals surface area contributed by atoms with E-state index in [0.717, 1.165) is 25.8 Å². The molecule has 1 N–H and O–H groups in total. The maximum atomic E-state index is 12.5. The van der Waals surface area contributed by atoms with E-state index in [1.165, 1.54) is 12.1 Å². The monoisotopic (exact) mass is 335 g/mol. The first-order chi connectivity index (χ1) is 9.44. The van der Waals surface area contributed by atoms with Crippen LogP contribution >= 0.6 is 23.2 Å². The quantitative estimate of drug-likeness (QED) is 0.828. The first-order valence-electron chi connectivity index (χ1n) is 6.85. The van der Waals surface area contributed by atoms with Crippen molar-refractivity contribution < 1.29 is 8.42 Å². The van der Waals surface area contributed by atoms with Crippen molar-refractivity contribution in [3.8, 4) is 0 Å². The van der Waals surface area contributed by atoms with Crippen molar-refractivity contribution in [1.82, 2.24) is 5.32 Å². The SMILES string of the molecule is CCCNC(CS(=O)(=O)c1cc(Cl)ccc1Cl)C1CC1. The average Bonchev–Trinajstić information content (AvgIpc) is 3.21.